The Balaban J connectivity index is 1.39. The van der Waals surface area contributed by atoms with E-state index in [2.05, 4.69) is 58.3 Å². The predicted octanol–water partition coefficient (Wildman–Crippen LogP) is 8.93. The van der Waals surface area contributed by atoms with Gasteiger partial charge in [0, 0.05) is 19.0 Å². The molecule has 0 aromatic heterocycles. The number of esters is 1. The van der Waals surface area contributed by atoms with Crippen molar-refractivity contribution >= 4 is 11.9 Å². The van der Waals surface area contributed by atoms with Crippen LogP contribution in [-0.2, 0) is 14.3 Å². The maximum absolute atomic E-state index is 14.3. The fourth-order valence-electron chi connectivity index (χ4n) is 12.4. The van der Waals surface area contributed by atoms with Gasteiger partial charge in [-0.05, 0) is 156 Å². The van der Waals surface area contributed by atoms with Gasteiger partial charge in [-0.3, -0.25) is 9.59 Å². The summed E-state index contributed by atoms with van der Waals surface area (Å²) < 4.78 is 6.19. The van der Waals surface area contributed by atoms with Gasteiger partial charge < -0.3 is 31.3 Å². The highest BCUT2D eigenvalue weighted by molar-refractivity contribution is 5.94. The molecule has 6 N–H and O–H groups in total. The first-order chi connectivity index (χ1) is 26.2. The lowest BCUT2D eigenvalue weighted by molar-refractivity contribution is -0.234. The molecule has 0 saturated heterocycles. The number of rotatable bonds is 22. The quantitative estimate of drug-likeness (QED) is 0.0321. The van der Waals surface area contributed by atoms with Gasteiger partial charge >= 0.3 is 5.97 Å². The zero-order valence-corrected chi connectivity index (χ0v) is 36.3. The van der Waals surface area contributed by atoms with Crippen LogP contribution < -0.4 is 16.4 Å². The molecule has 0 spiro atoms. The Morgan fingerprint density at radius 2 is 1.42 bits per heavy atom. The van der Waals surface area contributed by atoms with Gasteiger partial charge in [0.15, 0.2) is 0 Å². The molecule has 1 amide bonds. The Bertz CT molecular complexity index is 1290. The molecule has 8 nitrogen and oxygen atoms in total. The smallest absolute Gasteiger partial charge is 0.303 e. The number of carbonyl (C=O) groups is 2. The Morgan fingerprint density at radius 1 is 0.818 bits per heavy atom. The minimum absolute atomic E-state index is 0.0345. The first kappa shape index (κ1) is 46.0. The lowest BCUT2D eigenvalue weighted by atomic mass is 9.36. The second-order valence-electron chi connectivity index (χ2n) is 19.4. The van der Waals surface area contributed by atoms with Crippen LogP contribution in [0, 0.1) is 39.9 Å². The molecule has 0 aromatic rings. The van der Waals surface area contributed by atoms with Gasteiger partial charge in [0.2, 0.25) is 5.91 Å². The van der Waals surface area contributed by atoms with Crippen molar-refractivity contribution < 1.29 is 24.5 Å². The highest BCUT2D eigenvalue weighted by Gasteiger charge is 2.70. The van der Waals surface area contributed by atoms with E-state index >= 15 is 0 Å². The predicted molar refractivity (Wildman–Crippen MR) is 225 cm³/mol. The fraction of sp³-hybridized carbons (Fsp3) is 0.872. The molecule has 10 atom stereocenters. The minimum atomic E-state index is -0.524. The summed E-state index contributed by atoms with van der Waals surface area (Å²) in [5, 5.41) is 30.1. The highest BCUT2D eigenvalue weighted by Crippen LogP contribution is 2.74. The monoisotopic (exact) mass is 770 g/mol. The topological polar surface area (TPSA) is 134 Å². The Morgan fingerprint density at radius 3 is 2.02 bits per heavy atom. The summed E-state index contributed by atoms with van der Waals surface area (Å²) in [5.74, 6) is 0.263. The lowest BCUT2D eigenvalue weighted by Gasteiger charge is -2.69. The number of aliphatic hydroxyl groups excluding tert-OH is 2. The van der Waals surface area contributed by atoms with Crippen molar-refractivity contribution in [3.05, 3.63) is 22.8 Å². The molecule has 0 radical (unpaired) electrons. The maximum atomic E-state index is 14.3. The number of ether oxygens (including phenoxy) is 1. The molecule has 4 aliphatic carbocycles. The summed E-state index contributed by atoms with van der Waals surface area (Å²) in [4.78, 5) is 27.0. The number of hydrogen-bond donors (Lipinski definition) is 5. The van der Waals surface area contributed by atoms with Crippen molar-refractivity contribution in [2.45, 2.75) is 195 Å². The number of hydrogen-bond acceptors (Lipinski definition) is 7. The van der Waals surface area contributed by atoms with Crippen molar-refractivity contribution in [3.8, 4) is 0 Å². The van der Waals surface area contributed by atoms with Gasteiger partial charge in [-0.1, -0.05) is 90.7 Å². The minimum Gasteiger partial charge on any atom is -0.458 e. The number of allylic oxidation sites excluding steroid dienone is 2. The number of aliphatic hydroxyl groups is 2. The lowest BCUT2D eigenvalue weighted by Crippen LogP contribution is -2.65. The van der Waals surface area contributed by atoms with Crippen molar-refractivity contribution in [3.63, 3.8) is 0 Å². The van der Waals surface area contributed by atoms with Crippen LogP contribution in [0.3, 0.4) is 0 Å². The molecular weight excluding hydrogens is 687 g/mol. The van der Waals surface area contributed by atoms with Crippen LogP contribution in [0.15, 0.2) is 22.8 Å². The van der Waals surface area contributed by atoms with E-state index in [1.54, 1.807) is 0 Å². The average Bonchev–Trinajstić information content (AvgIpc) is 3.40. The van der Waals surface area contributed by atoms with E-state index in [-0.39, 0.29) is 52.0 Å². The maximum Gasteiger partial charge on any atom is 0.303 e. The van der Waals surface area contributed by atoms with Gasteiger partial charge in [0.1, 0.15) is 6.10 Å². The van der Waals surface area contributed by atoms with E-state index in [1.165, 1.54) is 70.3 Å². The molecule has 0 heterocycles. The van der Waals surface area contributed by atoms with Crippen LogP contribution in [-0.4, -0.2) is 66.6 Å². The first-order valence-electron chi connectivity index (χ1n) is 22.8. The Hall–Kier alpha value is -1.74. The summed E-state index contributed by atoms with van der Waals surface area (Å²) >= 11 is 0. The van der Waals surface area contributed by atoms with E-state index in [1.807, 2.05) is 0 Å². The van der Waals surface area contributed by atoms with Crippen molar-refractivity contribution in [2.75, 3.05) is 26.2 Å². The molecule has 316 valence electrons. The summed E-state index contributed by atoms with van der Waals surface area (Å²) in [5.41, 5.74) is 8.00. The summed E-state index contributed by atoms with van der Waals surface area (Å²) in [6.07, 6.45) is 21.7. The highest BCUT2D eigenvalue weighted by atomic mass is 16.5. The Kier molecular flexibility index (Phi) is 17.8. The summed E-state index contributed by atoms with van der Waals surface area (Å²) in [6.45, 7) is 18.7. The van der Waals surface area contributed by atoms with Gasteiger partial charge in [0.05, 0.1) is 12.2 Å². The molecule has 4 aliphatic rings. The summed E-state index contributed by atoms with van der Waals surface area (Å²) in [7, 11) is 0. The van der Waals surface area contributed by atoms with Crippen molar-refractivity contribution in [1.82, 2.24) is 10.6 Å². The van der Waals surface area contributed by atoms with Crippen LogP contribution in [0.5, 0.6) is 0 Å². The normalized spacial score (nSPS) is 35.0. The molecular formula is C47H83N3O5. The standard InChI is InChI=1S/C47H83N3O5/c1-33(2)21-20-22-36(44(54)50-30-19-15-11-10-14-18-29-49-28-17-13-9-8-12-16-27-48)42-38-31-40(53)43-45(5)25-24-39(52)34(3)37(45)23-26-46(43,6)47(38,7)32-41(42)55-35(4)51/h21,34,37-41,43,49,52-53H,8-20,22-32,48H2,1-7H3,(H,50,54)/b42-36-/t34-,37?,38?,39-,40+,41-,43?,45-,46-,47-/m0/s1. The number of amides is 1. The molecule has 0 bridgehead atoms. The molecule has 0 aliphatic heterocycles. The van der Waals surface area contributed by atoms with Crippen LogP contribution in [0.4, 0.5) is 0 Å². The first-order valence-corrected chi connectivity index (χ1v) is 22.8. The van der Waals surface area contributed by atoms with Gasteiger partial charge in [-0.2, -0.15) is 0 Å². The molecule has 8 heteroatoms. The molecule has 4 saturated carbocycles. The number of nitrogens with two attached hydrogens (primary N) is 1. The van der Waals surface area contributed by atoms with E-state index in [9.17, 15) is 19.8 Å². The fourth-order valence-corrected chi connectivity index (χ4v) is 12.4. The van der Waals surface area contributed by atoms with E-state index in [0.29, 0.717) is 31.7 Å². The molecule has 4 rings (SSSR count). The van der Waals surface area contributed by atoms with Crippen LogP contribution in [0.25, 0.3) is 0 Å². The third-order valence-electron chi connectivity index (χ3n) is 15.5. The number of unbranched alkanes of at least 4 members (excludes halogenated alkanes) is 10. The molecule has 55 heavy (non-hydrogen) atoms. The zero-order chi connectivity index (χ0) is 40.2. The van der Waals surface area contributed by atoms with Crippen LogP contribution >= 0.6 is 0 Å². The van der Waals surface area contributed by atoms with E-state index in [4.69, 9.17) is 10.5 Å². The van der Waals surface area contributed by atoms with E-state index < -0.39 is 12.2 Å². The van der Waals surface area contributed by atoms with Gasteiger partial charge in [0.25, 0.3) is 0 Å². The molecule has 0 aromatic carbocycles. The second kappa shape index (κ2) is 21.3. The number of carbonyl (C=O) groups excluding carboxylic acids is 2. The third kappa shape index (κ3) is 11.1. The van der Waals surface area contributed by atoms with Gasteiger partial charge in [-0.15, -0.1) is 0 Å². The number of nitrogens with one attached hydrogen (secondary N) is 2. The third-order valence-corrected chi connectivity index (χ3v) is 15.5. The second-order valence-corrected chi connectivity index (χ2v) is 19.4. The van der Waals surface area contributed by atoms with Crippen LogP contribution in [0.1, 0.15) is 177 Å². The van der Waals surface area contributed by atoms with Crippen LogP contribution in [0.2, 0.25) is 0 Å². The average molecular weight is 770 g/mol. The number of fused-ring (bicyclic) bond motifs is 5. The van der Waals surface area contributed by atoms with Crippen molar-refractivity contribution in [1.29, 1.82) is 0 Å². The largest absolute Gasteiger partial charge is 0.458 e. The zero-order valence-electron chi connectivity index (χ0n) is 36.3. The van der Waals surface area contributed by atoms with E-state index in [0.717, 1.165) is 82.1 Å². The Labute approximate surface area is 336 Å². The van der Waals surface area contributed by atoms with Crippen molar-refractivity contribution in [2.24, 2.45) is 45.7 Å². The SMILES string of the molecule is CC(=O)O[C@H]1C[C@@]2(C)C(C[C@@H](O)C3[C@@]4(C)CC[C@H](O)[C@@H](C)C4CC[C@@]32C)/C1=C(\CCC=C(C)C)C(=O)NCCCCCCCCNCCCCCCCCN. The van der Waals surface area contributed by atoms with Gasteiger partial charge in [-0.25, -0.2) is 0 Å². The summed E-state index contributed by atoms with van der Waals surface area (Å²) in [6, 6.07) is 0. The molecule has 4 fully saturated rings. The molecule has 3 unspecified atom stereocenters.